The van der Waals surface area contributed by atoms with Crippen LogP contribution >= 0.6 is 11.3 Å². The van der Waals surface area contributed by atoms with Gasteiger partial charge in [-0.3, -0.25) is 4.79 Å². The lowest BCUT2D eigenvalue weighted by Crippen LogP contribution is -2.42. The lowest BCUT2D eigenvalue weighted by molar-refractivity contribution is 0.0928. The predicted octanol–water partition coefficient (Wildman–Crippen LogP) is 1.62. The van der Waals surface area contributed by atoms with E-state index in [1.807, 2.05) is 6.07 Å². The van der Waals surface area contributed by atoms with Gasteiger partial charge in [-0.05, 0) is 24.9 Å². The van der Waals surface area contributed by atoms with Gasteiger partial charge in [0.1, 0.15) is 0 Å². The summed E-state index contributed by atoms with van der Waals surface area (Å²) in [6.45, 7) is 4.25. The molecule has 2 fully saturated rings. The summed E-state index contributed by atoms with van der Waals surface area (Å²) >= 11 is 1.56. The second-order valence-corrected chi connectivity index (χ2v) is 6.62. The average molecular weight is 275 g/mol. The first-order valence-electron chi connectivity index (χ1n) is 6.87. The number of nitrogens with zero attached hydrogens (tertiary/aromatic N) is 1. The number of thiophene rings is 1. The standard InChI is InChI=1S/C14H17N3OS/c18-13(16-11-8-17-5-3-10(11)7-17)12-6-9-2-1-4-15-14(9)19-12/h1-2,6,10-11,15H,3-5,7-8H2,(H,16,18). The smallest absolute Gasteiger partial charge is 0.261 e. The molecular formula is C14H17N3OS. The van der Waals surface area contributed by atoms with Crippen LogP contribution in [-0.2, 0) is 0 Å². The normalized spacial score (nSPS) is 31.1. The maximum absolute atomic E-state index is 12.3. The predicted molar refractivity (Wildman–Crippen MR) is 77.6 cm³/mol. The molecule has 2 saturated heterocycles. The fourth-order valence-electron chi connectivity index (χ4n) is 3.30. The molecule has 3 aliphatic rings. The largest absolute Gasteiger partial charge is 0.373 e. The molecule has 2 N–H and O–H groups in total. The Morgan fingerprint density at radius 3 is 3.16 bits per heavy atom. The maximum Gasteiger partial charge on any atom is 0.261 e. The molecule has 4 rings (SSSR count). The number of hydrogen-bond acceptors (Lipinski definition) is 4. The summed E-state index contributed by atoms with van der Waals surface area (Å²) in [4.78, 5) is 15.6. The van der Waals surface area contributed by atoms with Gasteiger partial charge in [-0.1, -0.05) is 12.2 Å². The molecule has 0 spiro atoms. The van der Waals surface area contributed by atoms with Gasteiger partial charge in [0.15, 0.2) is 0 Å². The van der Waals surface area contributed by atoms with Crippen LogP contribution in [0.1, 0.15) is 21.7 Å². The number of amides is 1. The van der Waals surface area contributed by atoms with Gasteiger partial charge in [-0.25, -0.2) is 0 Å². The van der Waals surface area contributed by atoms with Gasteiger partial charge < -0.3 is 15.5 Å². The Bertz CT molecular complexity index is 551. The number of anilines is 1. The van der Waals surface area contributed by atoms with Crippen molar-refractivity contribution in [3.05, 3.63) is 22.6 Å². The highest BCUT2D eigenvalue weighted by Crippen LogP contribution is 2.32. The van der Waals surface area contributed by atoms with Crippen molar-refractivity contribution < 1.29 is 4.79 Å². The van der Waals surface area contributed by atoms with E-state index in [-0.39, 0.29) is 5.91 Å². The summed E-state index contributed by atoms with van der Waals surface area (Å²) in [6, 6.07) is 2.34. The molecule has 3 atom stereocenters. The van der Waals surface area contributed by atoms with Crippen molar-refractivity contribution in [2.24, 2.45) is 5.92 Å². The lowest BCUT2D eigenvalue weighted by atomic mass is 10.00. The third-order valence-corrected chi connectivity index (χ3v) is 5.42. The zero-order valence-electron chi connectivity index (χ0n) is 10.7. The van der Waals surface area contributed by atoms with Gasteiger partial charge in [-0.2, -0.15) is 0 Å². The fourth-order valence-corrected chi connectivity index (χ4v) is 4.26. The minimum absolute atomic E-state index is 0.0911. The van der Waals surface area contributed by atoms with Crippen LogP contribution < -0.4 is 10.6 Å². The van der Waals surface area contributed by atoms with Crippen LogP contribution in [0.25, 0.3) is 6.08 Å². The van der Waals surface area contributed by atoms with E-state index in [0.717, 1.165) is 35.1 Å². The van der Waals surface area contributed by atoms with Crippen molar-refractivity contribution in [1.82, 2.24) is 10.2 Å². The van der Waals surface area contributed by atoms with E-state index >= 15 is 0 Å². The van der Waals surface area contributed by atoms with Crippen LogP contribution in [-0.4, -0.2) is 43.0 Å². The molecule has 4 nitrogen and oxygen atoms in total. The molecule has 1 aromatic heterocycles. The van der Waals surface area contributed by atoms with Gasteiger partial charge >= 0.3 is 0 Å². The second-order valence-electron chi connectivity index (χ2n) is 5.57. The van der Waals surface area contributed by atoms with E-state index in [0.29, 0.717) is 12.0 Å². The first-order chi connectivity index (χ1) is 9.29. The molecule has 3 unspecified atom stereocenters. The van der Waals surface area contributed by atoms with Gasteiger partial charge in [0, 0.05) is 31.2 Å². The van der Waals surface area contributed by atoms with E-state index in [2.05, 4.69) is 27.7 Å². The quantitative estimate of drug-likeness (QED) is 0.862. The third-order valence-electron chi connectivity index (χ3n) is 4.31. The van der Waals surface area contributed by atoms with Crippen LogP contribution in [0.3, 0.4) is 0 Å². The van der Waals surface area contributed by atoms with Crippen LogP contribution in [0, 0.1) is 5.92 Å². The Hall–Kier alpha value is -1.33. The van der Waals surface area contributed by atoms with Crippen LogP contribution in [0.4, 0.5) is 5.00 Å². The first kappa shape index (κ1) is 11.5. The van der Waals surface area contributed by atoms with E-state index in [4.69, 9.17) is 0 Å². The maximum atomic E-state index is 12.3. The lowest BCUT2D eigenvalue weighted by Gasteiger charge is -2.22. The molecule has 4 heterocycles. The Labute approximate surface area is 116 Å². The number of hydrogen-bond donors (Lipinski definition) is 2. The van der Waals surface area contributed by atoms with Crippen molar-refractivity contribution in [3.63, 3.8) is 0 Å². The fraction of sp³-hybridized carbons (Fsp3) is 0.500. The number of carbonyl (C=O) groups excluding carboxylic acids is 1. The minimum Gasteiger partial charge on any atom is -0.373 e. The van der Waals surface area contributed by atoms with E-state index in [1.54, 1.807) is 11.3 Å². The summed E-state index contributed by atoms with van der Waals surface area (Å²) in [5, 5.41) is 7.63. The van der Waals surface area contributed by atoms with Crippen molar-refractivity contribution in [1.29, 1.82) is 0 Å². The van der Waals surface area contributed by atoms with E-state index in [9.17, 15) is 4.79 Å². The summed E-state index contributed by atoms with van der Waals surface area (Å²) in [7, 11) is 0. The first-order valence-corrected chi connectivity index (χ1v) is 7.69. The van der Waals surface area contributed by atoms with Crippen LogP contribution in [0.5, 0.6) is 0 Å². The van der Waals surface area contributed by atoms with Gasteiger partial charge in [0.25, 0.3) is 5.91 Å². The molecule has 3 aliphatic heterocycles. The monoisotopic (exact) mass is 275 g/mol. The van der Waals surface area contributed by atoms with E-state index in [1.165, 1.54) is 13.0 Å². The molecule has 1 amide bonds. The van der Waals surface area contributed by atoms with Crippen molar-refractivity contribution in [2.75, 3.05) is 31.5 Å². The number of rotatable bonds is 2. The van der Waals surface area contributed by atoms with Crippen LogP contribution in [0.15, 0.2) is 12.1 Å². The molecule has 1 aromatic rings. The highest BCUT2D eigenvalue weighted by molar-refractivity contribution is 7.18. The Kier molecular flexibility index (Phi) is 2.63. The molecule has 0 aromatic carbocycles. The van der Waals surface area contributed by atoms with Crippen molar-refractivity contribution in [3.8, 4) is 0 Å². The molecule has 100 valence electrons. The zero-order valence-corrected chi connectivity index (χ0v) is 11.5. The topological polar surface area (TPSA) is 44.4 Å². The number of piperidine rings is 1. The number of fused-ring (bicyclic) bond motifs is 3. The molecule has 2 bridgehead atoms. The summed E-state index contributed by atoms with van der Waals surface area (Å²) in [5.41, 5.74) is 1.14. The number of nitrogens with one attached hydrogen (secondary N) is 2. The van der Waals surface area contributed by atoms with Crippen LogP contribution in [0.2, 0.25) is 0 Å². The minimum atomic E-state index is 0.0911. The SMILES string of the molecule is O=C(NC1CN2CCC1C2)c1cc2c(s1)NCC=C2. The van der Waals surface area contributed by atoms with Gasteiger partial charge in [-0.15, -0.1) is 11.3 Å². The van der Waals surface area contributed by atoms with Crippen molar-refractivity contribution >= 4 is 28.3 Å². The molecule has 0 radical (unpaired) electrons. The Balaban J connectivity index is 1.48. The molecule has 0 aliphatic carbocycles. The molecular weight excluding hydrogens is 258 g/mol. The molecule has 19 heavy (non-hydrogen) atoms. The third kappa shape index (κ3) is 1.97. The molecule has 5 heteroatoms. The second kappa shape index (κ2) is 4.35. The highest BCUT2D eigenvalue weighted by atomic mass is 32.1. The molecule has 0 saturated carbocycles. The Morgan fingerprint density at radius 1 is 1.47 bits per heavy atom. The average Bonchev–Trinajstić information content (AvgIpc) is 3.12. The summed E-state index contributed by atoms with van der Waals surface area (Å²) < 4.78 is 0. The Morgan fingerprint density at radius 2 is 2.42 bits per heavy atom. The van der Waals surface area contributed by atoms with Gasteiger partial charge in [0.05, 0.1) is 9.88 Å². The zero-order chi connectivity index (χ0) is 12.8. The summed E-state index contributed by atoms with van der Waals surface area (Å²) in [6.07, 6.45) is 5.40. The van der Waals surface area contributed by atoms with E-state index < -0.39 is 0 Å². The summed E-state index contributed by atoms with van der Waals surface area (Å²) in [5.74, 6) is 0.755. The van der Waals surface area contributed by atoms with Crippen molar-refractivity contribution in [2.45, 2.75) is 12.5 Å². The van der Waals surface area contributed by atoms with Gasteiger partial charge in [0.2, 0.25) is 0 Å². The highest BCUT2D eigenvalue weighted by Gasteiger charge is 2.38. The number of carbonyl (C=O) groups is 1.